The fourth-order valence-corrected chi connectivity index (χ4v) is 2.37. The lowest BCUT2D eigenvalue weighted by Gasteiger charge is -2.08. The second kappa shape index (κ2) is 3.36. The Balaban J connectivity index is 2.53. The van der Waals surface area contributed by atoms with E-state index < -0.39 is 5.97 Å². The van der Waals surface area contributed by atoms with Crippen molar-refractivity contribution in [3.05, 3.63) is 17.0 Å². The lowest BCUT2D eigenvalue weighted by atomic mass is 9.97. The number of nitrogens with zero attached hydrogens (tertiary/aromatic N) is 2. The summed E-state index contributed by atoms with van der Waals surface area (Å²) in [4.78, 5) is 11.1. The van der Waals surface area contributed by atoms with Crippen LogP contribution in [0.3, 0.4) is 0 Å². The lowest BCUT2D eigenvalue weighted by molar-refractivity contribution is -0.138. The van der Waals surface area contributed by atoms with Gasteiger partial charge in [-0.15, -0.1) is 0 Å². The molecule has 1 heterocycles. The number of carbonyl (C=O) groups is 1. The number of hydrogen-bond acceptors (Lipinski definition) is 2. The average Bonchev–Trinajstić information content (AvgIpc) is 2.66. The van der Waals surface area contributed by atoms with Crippen LogP contribution in [0.15, 0.2) is 0 Å². The van der Waals surface area contributed by atoms with Gasteiger partial charge in [-0.1, -0.05) is 13.8 Å². The Hall–Kier alpha value is -1.32. The Labute approximate surface area is 88.9 Å². The monoisotopic (exact) mass is 208 g/mol. The molecule has 0 bridgehead atoms. The number of carboxylic acid groups (broad SMARTS) is 1. The normalized spacial score (nSPS) is 19.6. The van der Waals surface area contributed by atoms with Gasteiger partial charge in [0.25, 0.3) is 0 Å². The summed E-state index contributed by atoms with van der Waals surface area (Å²) in [5.41, 5.74) is 3.03. The van der Waals surface area contributed by atoms with Crippen LogP contribution in [0, 0.1) is 0 Å². The molecule has 1 aromatic rings. The van der Waals surface area contributed by atoms with Crippen LogP contribution in [-0.4, -0.2) is 20.9 Å². The summed E-state index contributed by atoms with van der Waals surface area (Å²) >= 11 is 0. The smallest absolute Gasteiger partial charge is 0.311 e. The topological polar surface area (TPSA) is 55.1 Å². The van der Waals surface area contributed by atoms with Crippen LogP contribution in [0.2, 0.25) is 0 Å². The molecule has 4 nitrogen and oxygen atoms in total. The van der Waals surface area contributed by atoms with Crippen molar-refractivity contribution in [2.75, 3.05) is 0 Å². The zero-order valence-corrected chi connectivity index (χ0v) is 9.32. The van der Waals surface area contributed by atoms with Crippen molar-refractivity contribution in [2.45, 2.75) is 38.5 Å². The molecule has 1 aliphatic carbocycles. The van der Waals surface area contributed by atoms with Gasteiger partial charge in [-0.25, -0.2) is 0 Å². The number of rotatable bonds is 2. The summed E-state index contributed by atoms with van der Waals surface area (Å²) in [7, 11) is 1.90. The maximum absolute atomic E-state index is 11.1. The molecular formula is C11H16N2O2. The van der Waals surface area contributed by atoms with E-state index in [0.29, 0.717) is 5.92 Å². The molecule has 0 amide bonds. The highest BCUT2D eigenvalue weighted by Crippen LogP contribution is 2.37. The molecule has 1 N–H and O–H groups in total. The van der Waals surface area contributed by atoms with Crippen LogP contribution >= 0.6 is 0 Å². The minimum Gasteiger partial charge on any atom is -0.481 e. The maximum atomic E-state index is 11.1. The molecule has 0 spiro atoms. The van der Waals surface area contributed by atoms with Crippen molar-refractivity contribution >= 4 is 5.97 Å². The minimum atomic E-state index is -0.719. The van der Waals surface area contributed by atoms with E-state index in [9.17, 15) is 4.79 Å². The second-order valence-corrected chi connectivity index (χ2v) is 4.45. The highest BCUT2D eigenvalue weighted by Gasteiger charge is 2.35. The average molecular weight is 208 g/mol. The zero-order chi connectivity index (χ0) is 11.2. The molecule has 0 fully saturated rings. The fourth-order valence-electron chi connectivity index (χ4n) is 2.37. The number of aliphatic carboxylic acids is 1. The number of fused-ring (bicyclic) bond motifs is 1. The standard InChI is InChI=1S/C11H16N2O2/c1-6(2)10-9-7(11(14)15)4-5-8(9)13(3)12-10/h6-7H,4-5H2,1-3H3,(H,14,15). The summed E-state index contributed by atoms with van der Waals surface area (Å²) in [6, 6.07) is 0. The zero-order valence-electron chi connectivity index (χ0n) is 9.32. The van der Waals surface area contributed by atoms with Crippen LogP contribution in [0.4, 0.5) is 0 Å². The van der Waals surface area contributed by atoms with Gasteiger partial charge in [0.15, 0.2) is 0 Å². The Morgan fingerprint density at radius 3 is 2.80 bits per heavy atom. The lowest BCUT2D eigenvalue weighted by Crippen LogP contribution is -2.10. The van der Waals surface area contributed by atoms with E-state index >= 15 is 0 Å². The van der Waals surface area contributed by atoms with E-state index in [1.807, 2.05) is 11.7 Å². The quantitative estimate of drug-likeness (QED) is 0.804. The molecule has 0 saturated heterocycles. The molecule has 1 unspecified atom stereocenters. The molecule has 15 heavy (non-hydrogen) atoms. The van der Waals surface area contributed by atoms with Gasteiger partial charge in [-0.05, 0) is 18.8 Å². The van der Waals surface area contributed by atoms with E-state index in [1.54, 1.807) is 0 Å². The van der Waals surface area contributed by atoms with Gasteiger partial charge in [-0.2, -0.15) is 5.10 Å². The summed E-state index contributed by atoms with van der Waals surface area (Å²) in [5.74, 6) is -0.769. The SMILES string of the molecule is CC(C)c1nn(C)c2c1C(C(=O)O)CC2. The predicted octanol–water partition coefficient (Wildman–Crippen LogP) is 1.66. The number of aryl methyl sites for hydroxylation is 1. The Kier molecular flexibility index (Phi) is 2.29. The maximum Gasteiger partial charge on any atom is 0.311 e. The van der Waals surface area contributed by atoms with E-state index in [0.717, 1.165) is 29.8 Å². The third-order valence-corrected chi connectivity index (χ3v) is 3.10. The molecular weight excluding hydrogens is 192 g/mol. The number of hydrogen-bond donors (Lipinski definition) is 1. The summed E-state index contributed by atoms with van der Waals surface area (Å²) < 4.78 is 1.84. The summed E-state index contributed by atoms with van der Waals surface area (Å²) in [6.45, 7) is 4.11. The van der Waals surface area contributed by atoms with Gasteiger partial charge < -0.3 is 5.11 Å². The molecule has 0 aromatic carbocycles. The minimum absolute atomic E-state index is 0.292. The van der Waals surface area contributed by atoms with Crippen LogP contribution < -0.4 is 0 Å². The fraction of sp³-hybridized carbons (Fsp3) is 0.636. The molecule has 0 aliphatic heterocycles. The van der Waals surface area contributed by atoms with Gasteiger partial charge in [0.2, 0.25) is 0 Å². The molecule has 4 heteroatoms. The molecule has 82 valence electrons. The van der Waals surface area contributed by atoms with Crippen molar-refractivity contribution in [1.82, 2.24) is 9.78 Å². The molecule has 1 aromatic heterocycles. The van der Waals surface area contributed by atoms with Gasteiger partial charge in [0.05, 0.1) is 11.6 Å². The Morgan fingerprint density at radius 1 is 1.60 bits per heavy atom. The molecule has 0 radical (unpaired) electrons. The van der Waals surface area contributed by atoms with E-state index in [-0.39, 0.29) is 5.92 Å². The number of aromatic nitrogens is 2. The largest absolute Gasteiger partial charge is 0.481 e. The number of carboxylic acids is 1. The third kappa shape index (κ3) is 1.44. The first-order chi connectivity index (χ1) is 7.02. The first-order valence-electron chi connectivity index (χ1n) is 5.30. The van der Waals surface area contributed by atoms with E-state index in [4.69, 9.17) is 5.11 Å². The molecule has 1 aliphatic rings. The van der Waals surface area contributed by atoms with Crippen LogP contribution in [0.5, 0.6) is 0 Å². The molecule has 0 saturated carbocycles. The van der Waals surface area contributed by atoms with Crippen molar-refractivity contribution in [2.24, 2.45) is 7.05 Å². The highest BCUT2D eigenvalue weighted by molar-refractivity contribution is 5.78. The van der Waals surface area contributed by atoms with Crippen LogP contribution in [-0.2, 0) is 18.3 Å². The molecule has 2 rings (SSSR count). The van der Waals surface area contributed by atoms with Crippen molar-refractivity contribution in [3.8, 4) is 0 Å². The van der Waals surface area contributed by atoms with E-state index in [1.165, 1.54) is 0 Å². The van der Waals surface area contributed by atoms with Crippen molar-refractivity contribution in [3.63, 3.8) is 0 Å². The first-order valence-corrected chi connectivity index (χ1v) is 5.30. The van der Waals surface area contributed by atoms with Crippen molar-refractivity contribution in [1.29, 1.82) is 0 Å². The summed E-state index contributed by atoms with van der Waals surface area (Å²) in [6.07, 6.45) is 1.55. The second-order valence-electron chi connectivity index (χ2n) is 4.45. The highest BCUT2D eigenvalue weighted by atomic mass is 16.4. The van der Waals surface area contributed by atoms with Gasteiger partial charge >= 0.3 is 5.97 Å². The molecule has 1 atom stereocenters. The van der Waals surface area contributed by atoms with E-state index in [2.05, 4.69) is 18.9 Å². The summed E-state index contributed by atoms with van der Waals surface area (Å²) in [5, 5.41) is 13.6. The third-order valence-electron chi connectivity index (χ3n) is 3.10. The van der Waals surface area contributed by atoms with Gasteiger partial charge in [0.1, 0.15) is 0 Å². The van der Waals surface area contributed by atoms with Gasteiger partial charge in [-0.3, -0.25) is 9.48 Å². The Bertz CT molecular complexity index is 407. The predicted molar refractivity (Wildman–Crippen MR) is 56.0 cm³/mol. The first kappa shape index (κ1) is 10.2. The van der Waals surface area contributed by atoms with Crippen LogP contribution in [0.1, 0.15) is 49.1 Å². The Morgan fingerprint density at radius 2 is 2.27 bits per heavy atom. The van der Waals surface area contributed by atoms with Crippen LogP contribution in [0.25, 0.3) is 0 Å². The van der Waals surface area contributed by atoms with Gasteiger partial charge in [0, 0.05) is 18.3 Å². The van der Waals surface area contributed by atoms with Crippen molar-refractivity contribution < 1.29 is 9.90 Å².